The molecule has 0 saturated heterocycles. The Morgan fingerprint density at radius 3 is 2.43 bits per heavy atom. The van der Waals surface area contributed by atoms with Crippen molar-refractivity contribution in [3.05, 3.63) is 52.7 Å². The Balaban J connectivity index is 1.85. The van der Waals surface area contributed by atoms with Gasteiger partial charge in [0.15, 0.2) is 5.78 Å². The van der Waals surface area contributed by atoms with E-state index in [1.165, 1.54) is 11.3 Å². The summed E-state index contributed by atoms with van der Waals surface area (Å²) in [5.74, 6) is 0.197. The molecule has 1 aromatic heterocycles. The first-order chi connectivity index (χ1) is 10.2. The lowest BCUT2D eigenvalue weighted by atomic mass is 10.1. The SMILES string of the molecule is CCN(C(=O)CCCC(=O)c1cccs1)c1ccccc1. The second kappa shape index (κ2) is 7.74. The number of carbonyl (C=O) groups excluding carboxylic acids is 2. The summed E-state index contributed by atoms with van der Waals surface area (Å²) in [6, 6.07) is 13.3. The topological polar surface area (TPSA) is 37.4 Å². The normalized spacial score (nSPS) is 10.3. The second-order valence-electron chi connectivity index (χ2n) is 4.73. The van der Waals surface area contributed by atoms with Gasteiger partial charge in [0.1, 0.15) is 0 Å². The summed E-state index contributed by atoms with van der Waals surface area (Å²) >= 11 is 1.45. The van der Waals surface area contributed by atoms with Gasteiger partial charge in [0.2, 0.25) is 5.91 Å². The van der Waals surface area contributed by atoms with Crippen molar-refractivity contribution >= 4 is 28.7 Å². The molecule has 0 N–H and O–H groups in total. The number of benzene rings is 1. The molecule has 1 aromatic carbocycles. The Bertz CT molecular complexity index is 578. The van der Waals surface area contributed by atoms with Crippen LogP contribution in [-0.4, -0.2) is 18.2 Å². The van der Waals surface area contributed by atoms with Crippen LogP contribution in [0.25, 0.3) is 0 Å². The van der Waals surface area contributed by atoms with Crippen LogP contribution in [0.1, 0.15) is 35.9 Å². The van der Waals surface area contributed by atoms with Gasteiger partial charge in [-0.25, -0.2) is 0 Å². The monoisotopic (exact) mass is 301 g/mol. The zero-order valence-electron chi connectivity index (χ0n) is 12.1. The molecule has 1 heterocycles. The largest absolute Gasteiger partial charge is 0.313 e. The van der Waals surface area contributed by atoms with E-state index in [1.54, 1.807) is 4.90 Å². The summed E-state index contributed by atoms with van der Waals surface area (Å²) in [6.07, 6.45) is 1.43. The minimum atomic E-state index is 0.0719. The van der Waals surface area contributed by atoms with E-state index in [-0.39, 0.29) is 11.7 Å². The van der Waals surface area contributed by atoms with Gasteiger partial charge in [0.25, 0.3) is 0 Å². The van der Waals surface area contributed by atoms with Crippen molar-refractivity contribution in [2.24, 2.45) is 0 Å². The van der Waals surface area contributed by atoms with Crippen molar-refractivity contribution in [1.29, 1.82) is 0 Å². The zero-order valence-corrected chi connectivity index (χ0v) is 12.9. The summed E-state index contributed by atoms with van der Waals surface area (Å²) in [4.78, 5) is 26.7. The first-order valence-electron chi connectivity index (χ1n) is 7.14. The molecular weight excluding hydrogens is 282 g/mol. The molecule has 4 heteroatoms. The number of amides is 1. The van der Waals surface area contributed by atoms with E-state index in [0.717, 1.165) is 10.6 Å². The highest BCUT2D eigenvalue weighted by Crippen LogP contribution is 2.17. The molecule has 0 unspecified atom stereocenters. The van der Waals surface area contributed by atoms with Gasteiger partial charge in [0.05, 0.1) is 4.88 Å². The minimum absolute atomic E-state index is 0.0719. The second-order valence-corrected chi connectivity index (χ2v) is 5.68. The fraction of sp³-hybridized carbons (Fsp3) is 0.294. The van der Waals surface area contributed by atoms with Crippen LogP contribution < -0.4 is 4.90 Å². The highest BCUT2D eigenvalue weighted by Gasteiger charge is 2.14. The standard InChI is InChI=1S/C17H19NO2S/c1-2-18(14-8-4-3-5-9-14)17(20)12-6-10-15(19)16-11-7-13-21-16/h3-5,7-9,11,13H,2,6,10,12H2,1H3. The van der Waals surface area contributed by atoms with Gasteiger partial charge in [-0.2, -0.15) is 0 Å². The average molecular weight is 301 g/mol. The molecule has 2 aromatic rings. The van der Waals surface area contributed by atoms with Crippen molar-refractivity contribution in [1.82, 2.24) is 0 Å². The molecule has 0 aliphatic rings. The third-order valence-corrected chi connectivity index (χ3v) is 4.19. The molecule has 0 saturated carbocycles. The number of rotatable bonds is 7. The van der Waals surface area contributed by atoms with Crippen molar-refractivity contribution in [2.75, 3.05) is 11.4 Å². The van der Waals surface area contributed by atoms with Gasteiger partial charge in [-0.15, -0.1) is 11.3 Å². The molecule has 0 bridgehead atoms. The number of thiophene rings is 1. The lowest BCUT2D eigenvalue weighted by molar-refractivity contribution is -0.118. The molecule has 0 aliphatic heterocycles. The van der Waals surface area contributed by atoms with Crippen LogP contribution in [0.2, 0.25) is 0 Å². The average Bonchev–Trinajstić information content (AvgIpc) is 3.03. The van der Waals surface area contributed by atoms with Crippen molar-refractivity contribution < 1.29 is 9.59 Å². The van der Waals surface area contributed by atoms with Crippen LogP contribution in [0.5, 0.6) is 0 Å². The molecule has 110 valence electrons. The highest BCUT2D eigenvalue weighted by molar-refractivity contribution is 7.12. The van der Waals surface area contributed by atoms with Gasteiger partial charge >= 0.3 is 0 Å². The number of carbonyl (C=O) groups is 2. The van der Waals surface area contributed by atoms with Crippen molar-refractivity contribution in [3.8, 4) is 0 Å². The van der Waals surface area contributed by atoms with Gasteiger partial charge in [0, 0.05) is 25.1 Å². The molecule has 0 aliphatic carbocycles. The number of para-hydroxylation sites is 1. The van der Waals surface area contributed by atoms with E-state index >= 15 is 0 Å². The van der Waals surface area contributed by atoms with E-state index < -0.39 is 0 Å². The molecule has 3 nitrogen and oxygen atoms in total. The van der Waals surface area contributed by atoms with E-state index in [1.807, 2.05) is 54.8 Å². The van der Waals surface area contributed by atoms with Crippen LogP contribution in [-0.2, 0) is 4.79 Å². The quantitative estimate of drug-likeness (QED) is 0.720. The van der Waals surface area contributed by atoms with E-state index in [4.69, 9.17) is 0 Å². The maximum absolute atomic E-state index is 12.3. The summed E-state index contributed by atoms with van der Waals surface area (Å²) in [7, 11) is 0. The molecular formula is C17H19NO2S. The van der Waals surface area contributed by atoms with Crippen LogP contribution >= 0.6 is 11.3 Å². The maximum Gasteiger partial charge on any atom is 0.226 e. The lowest BCUT2D eigenvalue weighted by Crippen LogP contribution is -2.30. The summed E-state index contributed by atoms with van der Waals surface area (Å²) in [6.45, 7) is 2.60. The van der Waals surface area contributed by atoms with Gasteiger partial charge < -0.3 is 4.90 Å². The zero-order chi connectivity index (χ0) is 15.1. The summed E-state index contributed by atoms with van der Waals surface area (Å²) < 4.78 is 0. The molecule has 0 fully saturated rings. The van der Waals surface area contributed by atoms with Crippen LogP contribution in [0.4, 0.5) is 5.69 Å². The minimum Gasteiger partial charge on any atom is -0.313 e. The van der Waals surface area contributed by atoms with Gasteiger partial charge in [-0.05, 0) is 36.9 Å². The number of hydrogen-bond acceptors (Lipinski definition) is 3. The first kappa shape index (κ1) is 15.4. The molecule has 1 amide bonds. The Labute approximate surface area is 129 Å². The number of anilines is 1. The fourth-order valence-electron chi connectivity index (χ4n) is 2.21. The predicted octanol–water partition coefficient (Wildman–Crippen LogP) is 4.15. The number of hydrogen-bond donors (Lipinski definition) is 0. The lowest BCUT2D eigenvalue weighted by Gasteiger charge is -2.20. The first-order valence-corrected chi connectivity index (χ1v) is 8.02. The third-order valence-electron chi connectivity index (χ3n) is 3.28. The molecule has 21 heavy (non-hydrogen) atoms. The number of Topliss-reactive ketones (excluding diaryl/α,β-unsaturated/α-hetero) is 1. The fourth-order valence-corrected chi connectivity index (χ4v) is 2.90. The molecule has 0 radical (unpaired) electrons. The van der Waals surface area contributed by atoms with Crippen LogP contribution in [0, 0.1) is 0 Å². The van der Waals surface area contributed by atoms with E-state index in [0.29, 0.717) is 25.8 Å². The number of nitrogens with zero attached hydrogens (tertiary/aromatic N) is 1. The van der Waals surface area contributed by atoms with E-state index in [9.17, 15) is 9.59 Å². The molecule has 0 spiro atoms. The molecule has 2 rings (SSSR count). The van der Waals surface area contributed by atoms with Gasteiger partial charge in [-0.1, -0.05) is 24.3 Å². The summed E-state index contributed by atoms with van der Waals surface area (Å²) in [5.41, 5.74) is 0.912. The summed E-state index contributed by atoms with van der Waals surface area (Å²) in [5, 5.41) is 1.90. The molecule has 0 atom stereocenters. The number of ketones is 1. The van der Waals surface area contributed by atoms with Crippen molar-refractivity contribution in [3.63, 3.8) is 0 Å². The highest BCUT2D eigenvalue weighted by atomic mass is 32.1. The van der Waals surface area contributed by atoms with Gasteiger partial charge in [-0.3, -0.25) is 9.59 Å². The maximum atomic E-state index is 12.3. The van der Waals surface area contributed by atoms with Crippen LogP contribution in [0.15, 0.2) is 47.8 Å². The van der Waals surface area contributed by atoms with Crippen LogP contribution in [0.3, 0.4) is 0 Å². The Kier molecular flexibility index (Phi) is 5.69. The van der Waals surface area contributed by atoms with Crippen molar-refractivity contribution in [2.45, 2.75) is 26.2 Å². The Morgan fingerprint density at radius 2 is 1.81 bits per heavy atom. The third kappa shape index (κ3) is 4.26. The predicted molar refractivity (Wildman–Crippen MR) is 87.0 cm³/mol. The van der Waals surface area contributed by atoms with E-state index in [2.05, 4.69) is 0 Å². The Morgan fingerprint density at radius 1 is 1.05 bits per heavy atom. The smallest absolute Gasteiger partial charge is 0.226 e. The Hall–Kier alpha value is -1.94.